The monoisotopic (exact) mass is 338 g/mol. The van der Waals surface area contributed by atoms with E-state index in [-0.39, 0.29) is 11.3 Å². The van der Waals surface area contributed by atoms with Gasteiger partial charge in [-0.15, -0.1) is 0 Å². The number of carbonyl (C=O) groups excluding carboxylic acids is 1. The molecule has 0 aliphatic heterocycles. The van der Waals surface area contributed by atoms with E-state index in [4.69, 9.17) is 10.8 Å². The van der Waals surface area contributed by atoms with Crippen LogP contribution in [0.25, 0.3) is 0 Å². The van der Waals surface area contributed by atoms with Gasteiger partial charge in [-0.1, -0.05) is 15.9 Å². The second-order valence-corrected chi connectivity index (χ2v) is 5.22. The fourth-order valence-corrected chi connectivity index (χ4v) is 2.40. The van der Waals surface area contributed by atoms with Gasteiger partial charge >= 0.3 is 0 Å². The molecule has 4 N–H and O–H groups in total. The fraction of sp³-hybridized carbons (Fsp3) is 0.0714. The summed E-state index contributed by atoms with van der Waals surface area (Å²) in [6.07, 6.45) is 0. The zero-order valence-electron chi connectivity index (χ0n) is 10.6. The molecule has 0 saturated heterocycles. The predicted molar refractivity (Wildman–Crippen MR) is 79.3 cm³/mol. The summed E-state index contributed by atoms with van der Waals surface area (Å²) >= 11 is 3.30. The van der Waals surface area contributed by atoms with Gasteiger partial charge in [0.1, 0.15) is 11.6 Å². The van der Waals surface area contributed by atoms with Crippen LogP contribution in [0.4, 0.5) is 15.8 Å². The lowest BCUT2D eigenvalue weighted by atomic mass is 10.1. The largest absolute Gasteiger partial charge is 0.508 e. The summed E-state index contributed by atoms with van der Waals surface area (Å²) in [6.45, 7) is 1.78. The number of phenolic OH excluding ortho intramolecular Hbond substituents is 1. The van der Waals surface area contributed by atoms with Gasteiger partial charge in [0.05, 0.1) is 16.9 Å². The molecule has 2 aromatic carbocycles. The van der Waals surface area contributed by atoms with E-state index in [2.05, 4.69) is 21.2 Å². The van der Waals surface area contributed by atoms with E-state index >= 15 is 0 Å². The van der Waals surface area contributed by atoms with Gasteiger partial charge in [0.2, 0.25) is 0 Å². The maximum atomic E-state index is 13.6. The molecule has 4 nitrogen and oxygen atoms in total. The summed E-state index contributed by atoms with van der Waals surface area (Å²) in [5, 5.41) is 11.7. The number of carbonyl (C=O) groups is 1. The molecule has 20 heavy (non-hydrogen) atoms. The Balaban J connectivity index is 2.33. The number of nitrogens with two attached hydrogens (primary N) is 1. The van der Waals surface area contributed by atoms with Crippen molar-refractivity contribution in [2.45, 2.75) is 6.92 Å². The minimum atomic E-state index is -0.796. The summed E-state index contributed by atoms with van der Waals surface area (Å²) in [6, 6.07) is 6.78. The first-order chi connectivity index (χ1) is 9.38. The Morgan fingerprint density at radius 1 is 1.35 bits per heavy atom. The number of hydrogen-bond donors (Lipinski definition) is 3. The van der Waals surface area contributed by atoms with Gasteiger partial charge in [-0.3, -0.25) is 4.79 Å². The highest BCUT2D eigenvalue weighted by atomic mass is 79.9. The molecule has 0 radical (unpaired) electrons. The first-order valence-electron chi connectivity index (χ1n) is 5.74. The smallest absolute Gasteiger partial charge is 0.258 e. The molecule has 0 aliphatic carbocycles. The number of aromatic hydroxyl groups is 1. The van der Waals surface area contributed by atoms with E-state index in [1.165, 1.54) is 12.1 Å². The normalized spacial score (nSPS) is 10.3. The maximum Gasteiger partial charge on any atom is 0.258 e. The van der Waals surface area contributed by atoms with Gasteiger partial charge in [-0.2, -0.15) is 0 Å². The summed E-state index contributed by atoms with van der Waals surface area (Å²) in [7, 11) is 0. The van der Waals surface area contributed by atoms with E-state index in [1.54, 1.807) is 19.1 Å². The number of nitrogens with one attached hydrogen (secondary N) is 1. The van der Waals surface area contributed by atoms with Crippen molar-refractivity contribution < 1.29 is 14.3 Å². The van der Waals surface area contributed by atoms with Crippen LogP contribution in [0.3, 0.4) is 0 Å². The molecule has 0 unspecified atom stereocenters. The average Bonchev–Trinajstić information content (AvgIpc) is 2.33. The Kier molecular flexibility index (Phi) is 3.94. The molecule has 6 heteroatoms. The van der Waals surface area contributed by atoms with Crippen LogP contribution in [-0.2, 0) is 0 Å². The molecule has 1 amide bonds. The van der Waals surface area contributed by atoms with E-state index in [1.807, 2.05) is 0 Å². The minimum Gasteiger partial charge on any atom is -0.508 e. The Labute approximate surface area is 123 Å². The molecule has 0 atom stereocenters. The number of nitrogen functional groups attached to an aromatic ring is 1. The molecule has 2 aromatic rings. The van der Waals surface area contributed by atoms with Crippen LogP contribution < -0.4 is 11.1 Å². The molecule has 0 spiro atoms. The van der Waals surface area contributed by atoms with Crippen molar-refractivity contribution in [2.75, 3.05) is 11.1 Å². The molecule has 0 aliphatic rings. The number of halogens is 2. The summed E-state index contributed by atoms with van der Waals surface area (Å²) in [5.74, 6) is -1.66. The molecule has 0 bridgehead atoms. The van der Waals surface area contributed by atoms with Gasteiger partial charge in [0, 0.05) is 10.5 Å². The zero-order chi connectivity index (χ0) is 14.9. The van der Waals surface area contributed by atoms with Crippen LogP contribution >= 0.6 is 15.9 Å². The number of anilines is 2. The van der Waals surface area contributed by atoms with E-state index < -0.39 is 11.7 Å². The summed E-state index contributed by atoms with van der Waals surface area (Å²) < 4.78 is 14.4. The lowest BCUT2D eigenvalue weighted by molar-refractivity contribution is 0.102. The molecule has 0 aromatic heterocycles. The van der Waals surface area contributed by atoms with E-state index in [9.17, 15) is 9.18 Å². The van der Waals surface area contributed by atoms with E-state index in [0.717, 1.165) is 16.1 Å². The number of benzene rings is 2. The Bertz CT molecular complexity index is 666. The van der Waals surface area contributed by atoms with Gasteiger partial charge in [-0.05, 0) is 36.8 Å². The van der Waals surface area contributed by atoms with Crippen LogP contribution in [0.1, 0.15) is 15.9 Å². The predicted octanol–water partition coefficient (Wildman–Crippen LogP) is 3.44. The van der Waals surface area contributed by atoms with Crippen LogP contribution in [0, 0.1) is 12.7 Å². The number of amides is 1. The van der Waals surface area contributed by atoms with Gasteiger partial charge in [0.25, 0.3) is 5.91 Å². The minimum absolute atomic E-state index is 0.162. The van der Waals surface area contributed by atoms with Crippen molar-refractivity contribution in [3.63, 3.8) is 0 Å². The third-order valence-corrected chi connectivity index (χ3v) is 3.22. The fourth-order valence-electron chi connectivity index (χ4n) is 1.81. The first-order valence-corrected chi connectivity index (χ1v) is 6.53. The van der Waals surface area contributed by atoms with Crippen LogP contribution in [-0.4, -0.2) is 11.0 Å². The highest BCUT2D eigenvalue weighted by molar-refractivity contribution is 9.10. The standard InChI is InChI=1S/C14H12BrFN2O2/c1-7-4-8(15)5-12(17)13(7)18-14(20)10-3-2-9(19)6-11(10)16/h2-6,19H,17H2,1H3,(H,18,20). The Morgan fingerprint density at radius 3 is 2.65 bits per heavy atom. The molecular weight excluding hydrogens is 327 g/mol. The average molecular weight is 339 g/mol. The first kappa shape index (κ1) is 14.3. The maximum absolute atomic E-state index is 13.6. The lowest BCUT2D eigenvalue weighted by Gasteiger charge is -2.12. The topological polar surface area (TPSA) is 75.3 Å². The van der Waals surface area contributed by atoms with Gasteiger partial charge < -0.3 is 16.2 Å². The van der Waals surface area contributed by atoms with Gasteiger partial charge in [0.15, 0.2) is 0 Å². The van der Waals surface area contributed by atoms with E-state index in [0.29, 0.717) is 11.4 Å². The van der Waals surface area contributed by atoms with Crippen LogP contribution in [0.5, 0.6) is 5.75 Å². The van der Waals surface area contributed by atoms with Crippen molar-refractivity contribution >= 4 is 33.2 Å². The molecule has 0 saturated carbocycles. The van der Waals surface area contributed by atoms with Crippen LogP contribution in [0.15, 0.2) is 34.8 Å². The summed E-state index contributed by atoms with van der Waals surface area (Å²) in [5.41, 5.74) is 7.24. The van der Waals surface area contributed by atoms with Crippen LogP contribution in [0.2, 0.25) is 0 Å². The third kappa shape index (κ3) is 2.91. The Morgan fingerprint density at radius 2 is 2.05 bits per heavy atom. The zero-order valence-corrected chi connectivity index (χ0v) is 12.2. The SMILES string of the molecule is Cc1cc(Br)cc(N)c1NC(=O)c1ccc(O)cc1F. The van der Waals surface area contributed by atoms with Crippen molar-refractivity contribution in [3.8, 4) is 5.75 Å². The second kappa shape index (κ2) is 5.50. The lowest BCUT2D eigenvalue weighted by Crippen LogP contribution is -2.15. The Hall–Kier alpha value is -2.08. The molecular formula is C14H12BrFN2O2. The third-order valence-electron chi connectivity index (χ3n) is 2.77. The molecule has 0 heterocycles. The highest BCUT2D eigenvalue weighted by Gasteiger charge is 2.15. The number of hydrogen-bond acceptors (Lipinski definition) is 3. The summed E-state index contributed by atoms with van der Waals surface area (Å²) in [4.78, 5) is 12.0. The van der Waals surface area contributed by atoms with Crippen molar-refractivity contribution in [1.29, 1.82) is 0 Å². The molecule has 104 valence electrons. The molecule has 0 fully saturated rings. The second-order valence-electron chi connectivity index (χ2n) is 4.31. The van der Waals surface area contributed by atoms with Gasteiger partial charge in [-0.25, -0.2) is 4.39 Å². The number of phenols is 1. The van der Waals surface area contributed by atoms with Crippen molar-refractivity contribution in [1.82, 2.24) is 0 Å². The number of rotatable bonds is 2. The number of aryl methyl sites for hydroxylation is 1. The quantitative estimate of drug-likeness (QED) is 0.734. The van der Waals surface area contributed by atoms with Crippen molar-refractivity contribution in [2.24, 2.45) is 0 Å². The highest BCUT2D eigenvalue weighted by Crippen LogP contribution is 2.28. The molecule has 2 rings (SSSR count). The van der Waals surface area contributed by atoms with Crippen molar-refractivity contribution in [3.05, 3.63) is 51.7 Å².